The average Bonchev–Trinajstić information content (AvgIpc) is 3.03. The summed E-state index contributed by atoms with van der Waals surface area (Å²) in [5.41, 5.74) is 2.78. The molecule has 0 heterocycles. The van der Waals surface area contributed by atoms with Crippen LogP contribution in [0.1, 0.15) is 106 Å². The summed E-state index contributed by atoms with van der Waals surface area (Å²) in [4.78, 5) is 36.2. The molecular formula is C39H48O7. The third-order valence-corrected chi connectivity index (χ3v) is 7.15. The Hall–Kier alpha value is -4.39. The van der Waals surface area contributed by atoms with Crippen LogP contribution in [-0.4, -0.2) is 36.7 Å². The number of rotatable bonds is 18. The summed E-state index contributed by atoms with van der Waals surface area (Å²) in [5, 5.41) is 0. The van der Waals surface area contributed by atoms with Gasteiger partial charge in [-0.05, 0) is 100 Å². The van der Waals surface area contributed by atoms with E-state index in [4.69, 9.17) is 18.9 Å². The van der Waals surface area contributed by atoms with Crippen molar-refractivity contribution < 1.29 is 33.3 Å². The van der Waals surface area contributed by atoms with Crippen molar-refractivity contribution in [1.29, 1.82) is 0 Å². The van der Waals surface area contributed by atoms with Gasteiger partial charge in [0.2, 0.25) is 0 Å². The van der Waals surface area contributed by atoms with Crippen LogP contribution in [0.5, 0.6) is 11.5 Å². The second kappa shape index (κ2) is 18.5. The standard InChI is InChI=1S/C39H48O7/c1-29(2)36(40)45-35-25-19-31(20-26-35)30-15-17-32(18-16-30)37(41)44-28-14-12-10-8-6-7-9-11-13-27-43-34-23-21-33(22-24-34)38(42)46-39(3,4)5/h15-26H,1,6-14,27-28H2,2-5H3. The highest BCUT2D eigenvalue weighted by Gasteiger charge is 2.17. The fourth-order valence-corrected chi connectivity index (χ4v) is 4.61. The van der Waals surface area contributed by atoms with Gasteiger partial charge in [-0.1, -0.05) is 75.8 Å². The first-order valence-electron chi connectivity index (χ1n) is 16.2. The van der Waals surface area contributed by atoms with E-state index in [9.17, 15) is 14.4 Å². The summed E-state index contributed by atoms with van der Waals surface area (Å²) in [6.07, 6.45) is 9.98. The van der Waals surface area contributed by atoms with Gasteiger partial charge >= 0.3 is 17.9 Å². The van der Waals surface area contributed by atoms with Gasteiger partial charge in [-0.25, -0.2) is 14.4 Å². The lowest BCUT2D eigenvalue weighted by molar-refractivity contribution is -0.130. The third-order valence-electron chi connectivity index (χ3n) is 7.15. The second-order valence-electron chi connectivity index (χ2n) is 12.5. The Balaban J connectivity index is 1.18. The minimum absolute atomic E-state index is 0.310. The van der Waals surface area contributed by atoms with Gasteiger partial charge in [-0.15, -0.1) is 0 Å². The van der Waals surface area contributed by atoms with Crippen molar-refractivity contribution in [3.63, 3.8) is 0 Å². The highest BCUT2D eigenvalue weighted by Crippen LogP contribution is 2.24. The van der Waals surface area contributed by atoms with Crippen LogP contribution in [0.2, 0.25) is 0 Å². The molecule has 46 heavy (non-hydrogen) atoms. The van der Waals surface area contributed by atoms with E-state index in [1.165, 1.54) is 25.7 Å². The SMILES string of the molecule is C=C(C)C(=O)Oc1ccc(-c2ccc(C(=O)OCCCCCCCCCCCOc3ccc(C(=O)OC(C)(C)C)cc3)cc2)cc1. The number of hydrogen-bond donors (Lipinski definition) is 0. The summed E-state index contributed by atoms with van der Waals surface area (Å²) < 4.78 is 21.9. The maximum absolute atomic E-state index is 12.4. The summed E-state index contributed by atoms with van der Waals surface area (Å²) in [6, 6.07) is 21.6. The molecule has 0 amide bonds. The van der Waals surface area contributed by atoms with Crippen LogP contribution in [0, 0.1) is 0 Å². The Kier molecular flexibility index (Phi) is 14.5. The molecule has 0 aliphatic heterocycles. The molecule has 0 saturated carbocycles. The van der Waals surface area contributed by atoms with Gasteiger partial charge in [-0.3, -0.25) is 0 Å². The van der Waals surface area contributed by atoms with Crippen LogP contribution in [0.15, 0.2) is 84.9 Å². The van der Waals surface area contributed by atoms with Crippen LogP contribution in [0.3, 0.4) is 0 Å². The van der Waals surface area contributed by atoms with E-state index in [2.05, 4.69) is 6.58 Å². The minimum Gasteiger partial charge on any atom is -0.494 e. The van der Waals surface area contributed by atoms with Gasteiger partial charge < -0.3 is 18.9 Å². The Morgan fingerprint density at radius 3 is 1.54 bits per heavy atom. The van der Waals surface area contributed by atoms with E-state index in [0.717, 1.165) is 49.0 Å². The molecule has 3 rings (SSSR count). The van der Waals surface area contributed by atoms with Crippen LogP contribution in [0.4, 0.5) is 0 Å². The van der Waals surface area contributed by atoms with E-state index in [1.807, 2.05) is 57.2 Å². The maximum Gasteiger partial charge on any atom is 0.338 e. The zero-order chi connectivity index (χ0) is 33.4. The molecule has 0 aliphatic carbocycles. The zero-order valence-corrected chi connectivity index (χ0v) is 27.8. The van der Waals surface area contributed by atoms with Gasteiger partial charge in [0.25, 0.3) is 0 Å². The molecule has 0 N–H and O–H groups in total. The first kappa shape index (κ1) is 36.1. The number of carbonyl (C=O) groups excluding carboxylic acids is 3. The Bertz CT molecular complexity index is 1400. The Morgan fingerprint density at radius 2 is 1.02 bits per heavy atom. The van der Waals surface area contributed by atoms with E-state index in [0.29, 0.717) is 35.7 Å². The topological polar surface area (TPSA) is 88.1 Å². The van der Waals surface area contributed by atoms with Crippen molar-refractivity contribution in [3.05, 3.63) is 96.1 Å². The van der Waals surface area contributed by atoms with E-state index in [-0.39, 0.29) is 11.9 Å². The molecule has 3 aromatic carbocycles. The summed E-state index contributed by atoms with van der Waals surface area (Å²) in [7, 11) is 0. The molecule has 0 fully saturated rings. The van der Waals surface area contributed by atoms with Crippen molar-refractivity contribution in [2.24, 2.45) is 0 Å². The first-order chi connectivity index (χ1) is 22.0. The van der Waals surface area contributed by atoms with Crippen molar-refractivity contribution in [3.8, 4) is 22.6 Å². The van der Waals surface area contributed by atoms with E-state index in [1.54, 1.807) is 43.3 Å². The molecule has 7 heteroatoms. The number of unbranched alkanes of at least 4 members (excludes halogenated alkanes) is 8. The fraction of sp³-hybridized carbons (Fsp3) is 0.410. The molecule has 0 spiro atoms. The molecule has 0 aromatic heterocycles. The lowest BCUT2D eigenvalue weighted by atomic mass is 10.0. The molecule has 0 radical (unpaired) electrons. The van der Waals surface area contributed by atoms with Gasteiger partial charge in [0, 0.05) is 5.57 Å². The summed E-state index contributed by atoms with van der Waals surface area (Å²) in [5.74, 6) is 0.130. The molecule has 0 aliphatic rings. The summed E-state index contributed by atoms with van der Waals surface area (Å²) in [6.45, 7) is 11.8. The monoisotopic (exact) mass is 628 g/mol. The quantitative estimate of drug-likeness (QED) is 0.0600. The van der Waals surface area contributed by atoms with E-state index < -0.39 is 11.6 Å². The normalized spacial score (nSPS) is 11.0. The number of benzene rings is 3. The number of ether oxygens (including phenoxy) is 4. The zero-order valence-electron chi connectivity index (χ0n) is 27.8. The van der Waals surface area contributed by atoms with Gasteiger partial charge in [0.05, 0.1) is 24.3 Å². The first-order valence-corrected chi connectivity index (χ1v) is 16.2. The number of hydrogen-bond acceptors (Lipinski definition) is 7. The Morgan fingerprint density at radius 1 is 0.587 bits per heavy atom. The Labute approximate surface area is 273 Å². The molecule has 0 atom stereocenters. The van der Waals surface area contributed by atoms with Gasteiger partial charge in [0.1, 0.15) is 17.1 Å². The minimum atomic E-state index is -0.510. The molecular weight excluding hydrogens is 580 g/mol. The third kappa shape index (κ3) is 13.3. The molecule has 0 saturated heterocycles. The van der Waals surface area contributed by atoms with Crippen molar-refractivity contribution in [1.82, 2.24) is 0 Å². The summed E-state index contributed by atoms with van der Waals surface area (Å²) >= 11 is 0. The van der Waals surface area contributed by atoms with Crippen LogP contribution in [0.25, 0.3) is 11.1 Å². The predicted octanol–water partition coefficient (Wildman–Crippen LogP) is 9.54. The average molecular weight is 629 g/mol. The van der Waals surface area contributed by atoms with Crippen molar-refractivity contribution in [2.45, 2.75) is 91.1 Å². The predicted molar refractivity (Wildman–Crippen MR) is 181 cm³/mol. The number of esters is 3. The van der Waals surface area contributed by atoms with Crippen molar-refractivity contribution in [2.75, 3.05) is 13.2 Å². The fourth-order valence-electron chi connectivity index (χ4n) is 4.61. The molecule has 0 unspecified atom stereocenters. The lowest BCUT2D eigenvalue weighted by Crippen LogP contribution is -2.23. The lowest BCUT2D eigenvalue weighted by Gasteiger charge is -2.19. The highest BCUT2D eigenvalue weighted by atomic mass is 16.6. The molecule has 7 nitrogen and oxygen atoms in total. The smallest absolute Gasteiger partial charge is 0.338 e. The van der Waals surface area contributed by atoms with E-state index >= 15 is 0 Å². The van der Waals surface area contributed by atoms with Crippen molar-refractivity contribution >= 4 is 17.9 Å². The van der Waals surface area contributed by atoms with Crippen LogP contribution >= 0.6 is 0 Å². The number of carbonyl (C=O) groups is 3. The second-order valence-corrected chi connectivity index (χ2v) is 12.5. The highest BCUT2D eigenvalue weighted by molar-refractivity contribution is 5.91. The molecule has 0 bridgehead atoms. The van der Waals surface area contributed by atoms with Crippen LogP contribution in [-0.2, 0) is 14.3 Å². The largest absolute Gasteiger partial charge is 0.494 e. The van der Waals surface area contributed by atoms with Crippen LogP contribution < -0.4 is 9.47 Å². The maximum atomic E-state index is 12.4. The molecule has 246 valence electrons. The molecule has 3 aromatic rings. The van der Waals surface area contributed by atoms with Gasteiger partial charge in [0.15, 0.2) is 0 Å². The van der Waals surface area contributed by atoms with Gasteiger partial charge in [-0.2, -0.15) is 0 Å².